The average molecular weight is 278 g/mol. The molecule has 108 valence electrons. The van der Waals surface area contributed by atoms with Crippen LogP contribution >= 0.6 is 0 Å². The zero-order chi connectivity index (χ0) is 14.5. The van der Waals surface area contributed by atoms with E-state index in [1.165, 1.54) is 6.07 Å². The number of halogens is 3. The molecule has 0 saturated carbocycles. The second kappa shape index (κ2) is 6.51. The minimum Gasteiger partial charge on any atom is -0.490 e. The standard InChI is InChI=1S/C12H17F3N2O2/c1-2-3-19-11-5-10(9(16)4-8(11)13)17-6-12(14,15)7-18/h4-5,17-18H,2-3,6-7,16H2,1H3. The number of hydrogen-bond donors (Lipinski definition) is 3. The Hall–Kier alpha value is -1.63. The third-order valence-corrected chi connectivity index (χ3v) is 2.33. The van der Waals surface area contributed by atoms with Crippen LogP contribution in [0, 0.1) is 5.82 Å². The number of aliphatic hydroxyl groups excluding tert-OH is 1. The first-order valence-electron chi connectivity index (χ1n) is 5.84. The minimum absolute atomic E-state index is 0.00455. The highest BCUT2D eigenvalue weighted by molar-refractivity contribution is 5.68. The highest BCUT2D eigenvalue weighted by Gasteiger charge is 2.27. The van der Waals surface area contributed by atoms with Crippen molar-refractivity contribution in [2.45, 2.75) is 19.3 Å². The number of nitrogen functional groups attached to an aromatic ring is 1. The number of hydrogen-bond acceptors (Lipinski definition) is 4. The van der Waals surface area contributed by atoms with E-state index in [1.54, 1.807) is 0 Å². The summed E-state index contributed by atoms with van der Waals surface area (Å²) in [5.41, 5.74) is 5.66. The van der Waals surface area contributed by atoms with Gasteiger partial charge in [0.1, 0.15) is 6.61 Å². The number of ether oxygens (including phenoxy) is 1. The summed E-state index contributed by atoms with van der Waals surface area (Å²) >= 11 is 0. The van der Waals surface area contributed by atoms with E-state index in [2.05, 4.69) is 5.32 Å². The maximum Gasteiger partial charge on any atom is 0.287 e. The maximum atomic E-state index is 13.5. The van der Waals surface area contributed by atoms with E-state index in [9.17, 15) is 13.2 Å². The van der Waals surface area contributed by atoms with Crippen LogP contribution in [0.4, 0.5) is 24.5 Å². The summed E-state index contributed by atoms with van der Waals surface area (Å²) in [4.78, 5) is 0. The van der Waals surface area contributed by atoms with Crippen molar-refractivity contribution >= 4 is 11.4 Å². The first kappa shape index (κ1) is 15.4. The molecule has 0 aromatic heterocycles. The minimum atomic E-state index is -3.27. The van der Waals surface area contributed by atoms with E-state index in [-0.39, 0.29) is 17.1 Å². The zero-order valence-corrected chi connectivity index (χ0v) is 10.5. The molecule has 0 aliphatic rings. The summed E-state index contributed by atoms with van der Waals surface area (Å²) in [6.07, 6.45) is 0.690. The van der Waals surface area contributed by atoms with Crippen molar-refractivity contribution in [1.29, 1.82) is 0 Å². The lowest BCUT2D eigenvalue weighted by atomic mass is 10.2. The molecule has 1 rings (SSSR count). The van der Waals surface area contributed by atoms with Gasteiger partial charge in [-0.3, -0.25) is 0 Å². The number of rotatable bonds is 7. The molecule has 0 spiro atoms. The van der Waals surface area contributed by atoms with Crippen LogP contribution in [-0.4, -0.2) is 30.8 Å². The maximum absolute atomic E-state index is 13.5. The van der Waals surface area contributed by atoms with E-state index < -0.39 is 24.9 Å². The van der Waals surface area contributed by atoms with Gasteiger partial charge in [-0.05, 0) is 6.42 Å². The summed E-state index contributed by atoms with van der Waals surface area (Å²) in [6.45, 7) is 0.0933. The normalized spacial score (nSPS) is 11.4. The Morgan fingerprint density at radius 1 is 1.42 bits per heavy atom. The molecule has 0 unspecified atom stereocenters. The van der Waals surface area contributed by atoms with Gasteiger partial charge in [0.05, 0.1) is 24.5 Å². The number of nitrogens with one attached hydrogen (secondary N) is 1. The van der Waals surface area contributed by atoms with Gasteiger partial charge in [0.2, 0.25) is 0 Å². The molecule has 4 nitrogen and oxygen atoms in total. The molecule has 0 atom stereocenters. The Kier molecular flexibility index (Phi) is 5.29. The van der Waals surface area contributed by atoms with Gasteiger partial charge >= 0.3 is 0 Å². The lowest BCUT2D eigenvalue weighted by Gasteiger charge is -2.17. The number of anilines is 2. The van der Waals surface area contributed by atoms with Crippen molar-refractivity contribution in [1.82, 2.24) is 0 Å². The predicted octanol–water partition coefficient (Wildman–Crippen LogP) is 2.24. The molecular weight excluding hydrogens is 261 g/mol. The lowest BCUT2D eigenvalue weighted by molar-refractivity contribution is -0.0372. The summed E-state index contributed by atoms with van der Waals surface area (Å²) in [5.74, 6) is -3.97. The third kappa shape index (κ3) is 4.51. The summed E-state index contributed by atoms with van der Waals surface area (Å²) in [7, 11) is 0. The van der Waals surface area contributed by atoms with Gasteiger partial charge in [0.25, 0.3) is 5.92 Å². The van der Waals surface area contributed by atoms with Crippen LogP contribution in [0.25, 0.3) is 0 Å². The monoisotopic (exact) mass is 278 g/mol. The Morgan fingerprint density at radius 3 is 2.68 bits per heavy atom. The van der Waals surface area contributed by atoms with Gasteiger partial charge in [-0.1, -0.05) is 6.92 Å². The van der Waals surface area contributed by atoms with Crippen LogP contribution in [0.1, 0.15) is 13.3 Å². The van der Waals surface area contributed by atoms with Crippen molar-refractivity contribution in [3.8, 4) is 5.75 Å². The highest BCUT2D eigenvalue weighted by Crippen LogP contribution is 2.29. The second-order valence-electron chi connectivity index (χ2n) is 4.09. The van der Waals surface area contributed by atoms with E-state index in [4.69, 9.17) is 15.6 Å². The number of alkyl halides is 2. The molecule has 0 heterocycles. The smallest absolute Gasteiger partial charge is 0.287 e. The van der Waals surface area contributed by atoms with Crippen LogP contribution < -0.4 is 15.8 Å². The van der Waals surface area contributed by atoms with Crippen molar-refractivity contribution in [2.75, 3.05) is 30.8 Å². The Morgan fingerprint density at radius 2 is 2.11 bits per heavy atom. The Bertz CT molecular complexity index is 428. The van der Waals surface area contributed by atoms with Crippen molar-refractivity contribution < 1.29 is 23.0 Å². The molecule has 1 aromatic carbocycles. The van der Waals surface area contributed by atoms with E-state index >= 15 is 0 Å². The van der Waals surface area contributed by atoms with E-state index in [0.717, 1.165) is 6.07 Å². The Labute approximate surface area is 109 Å². The third-order valence-electron chi connectivity index (χ3n) is 2.33. The number of benzene rings is 1. The van der Waals surface area contributed by atoms with Gasteiger partial charge in [0, 0.05) is 12.1 Å². The van der Waals surface area contributed by atoms with Crippen LogP contribution in [0.2, 0.25) is 0 Å². The first-order valence-corrected chi connectivity index (χ1v) is 5.84. The molecule has 19 heavy (non-hydrogen) atoms. The molecule has 1 aromatic rings. The first-order chi connectivity index (χ1) is 8.89. The van der Waals surface area contributed by atoms with Crippen molar-refractivity contribution in [3.05, 3.63) is 17.9 Å². The summed E-state index contributed by atoms with van der Waals surface area (Å²) < 4.78 is 44.4. The van der Waals surface area contributed by atoms with E-state index in [1.807, 2.05) is 6.92 Å². The van der Waals surface area contributed by atoms with Crippen molar-refractivity contribution in [3.63, 3.8) is 0 Å². The molecule has 7 heteroatoms. The number of aliphatic hydroxyl groups is 1. The van der Waals surface area contributed by atoms with Gasteiger partial charge in [0.15, 0.2) is 11.6 Å². The molecule has 0 saturated heterocycles. The SMILES string of the molecule is CCCOc1cc(NCC(F)(F)CO)c(N)cc1F. The molecule has 0 aliphatic heterocycles. The van der Waals surface area contributed by atoms with Gasteiger partial charge in [-0.15, -0.1) is 0 Å². The molecule has 0 bridgehead atoms. The van der Waals surface area contributed by atoms with Crippen LogP contribution in [0.3, 0.4) is 0 Å². The van der Waals surface area contributed by atoms with Gasteiger partial charge in [-0.2, -0.15) is 0 Å². The number of nitrogens with two attached hydrogens (primary N) is 1. The molecule has 0 aliphatic carbocycles. The Balaban J connectivity index is 2.82. The fourth-order valence-electron chi connectivity index (χ4n) is 1.32. The quantitative estimate of drug-likeness (QED) is 0.669. The predicted molar refractivity (Wildman–Crippen MR) is 67.1 cm³/mol. The molecule has 0 fully saturated rings. The second-order valence-corrected chi connectivity index (χ2v) is 4.09. The van der Waals surface area contributed by atoms with Crippen molar-refractivity contribution in [2.24, 2.45) is 0 Å². The largest absolute Gasteiger partial charge is 0.490 e. The zero-order valence-electron chi connectivity index (χ0n) is 10.5. The fourth-order valence-corrected chi connectivity index (χ4v) is 1.32. The average Bonchev–Trinajstić information content (AvgIpc) is 2.36. The van der Waals surface area contributed by atoms with Gasteiger partial charge < -0.3 is 20.9 Å². The van der Waals surface area contributed by atoms with Crippen LogP contribution in [0.15, 0.2) is 12.1 Å². The summed E-state index contributed by atoms with van der Waals surface area (Å²) in [5, 5.41) is 10.8. The molecule has 4 N–H and O–H groups in total. The van der Waals surface area contributed by atoms with Gasteiger partial charge in [-0.25, -0.2) is 13.2 Å². The van der Waals surface area contributed by atoms with E-state index in [0.29, 0.717) is 13.0 Å². The molecule has 0 amide bonds. The highest BCUT2D eigenvalue weighted by atomic mass is 19.3. The van der Waals surface area contributed by atoms with Crippen LogP contribution in [0.5, 0.6) is 5.75 Å². The lowest BCUT2D eigenvalue weighted by Crippen LogP contribution is -2.31. The molecule has 0 radical (unpaired) electrons. The summed E-state index contributed by atoms with van der Waals surface area (Å²) in [6, 6.07) is 2.23. The fraction of sp³-hybridized carbons (Fsp3) is 0.500. The molecular formula is C12H17F3N2O2. The topological polar surface area (TPSA) is 67.5 Å². The van der Waals surface area contributed by atoms with Crippen LogP contribution in [-0.2, 0) is 0 Å².